The van der Waals surface area contributed by atoms with Gasteiger partial charge in [0.15, 0.2) is 0 Å². The predicted molar refractivity (Wildman–Crippen MR) is 104 cm³/mol. The summed E-state index contributed by atoms with van der Waals surface area (Å²) in [5.74, 6) is 2.26. The monoisotopic (exact) mass is 305 g/mol. The van der Waals surface area contributed by atoms with Crippen LogP contribution >= 0.6 is 0 Å². The lowest BCUT2D eigenvalue weighted by atomic mass is 9.51. The molecule has 0 amide bonds. The first-order chi connectivity index (χ1) is 11.9. The van der Waals surface area contributed by atoms with Gasteiger partial charge in [-0.1, -0.05) is 66.6 Å². The maximum absolute atomic E-state index is 2.29. The topological polar surface area (TPSA) is 3.24 Å². The van der Waals surface area contributed by atoms with Crippen LogP contribution in [-0.2, 0) is 0 Å². The van der Waals surface area contributed by atoms with Crippen molar-refractivity contribution < 1.29 is 0 Å². The zero-order chi connectivity index (χ0) is 15.9. The largest absolute Gasteiger partial charge is 0.389 e. The van der Waals surface area contributed by atoms with E-state index in [9.17, 15) is 0 Å². The molecular weight excluding hydrogens is 289 g/mol. The van der Waals surface area contributed by atoms with Gasteiger partial charge in [-0.3, -0.25) is 0 Å². The second-order valence-electron chi connectivity index (χ2n) is 6.30. The van der Waals surface area contributed by atoms with Crippen molar-refractivity contribution in [1.82, 2.24) is 4.81 Å². The summed E-state index contributed by atoms with van der Waals surface area (Å²) >= 11 is 0. The molecule has 2 aliphatic heterocycles. The highest BCUT2D eigenvalue weighted by molar-refractivity contribution is 6.77. The molecule has 5 rings (SSSR count). The molecule has 2 heterocycles. The van der Waals surface area contributed by atoms with Crippen LogP contribution in [0.4, 0.5) is 0 Å². The van der Waals surface area contributed by atoms with E-state index in [1.807, 2.05) is 0 Å². The first-order valence-electron chi connectivity index (χ1n) is 8.33. The normalized spacial score (nSPS) is 14.8. The van der Waals surface area contributed by atoms with Crippen LogP contribution in [0.25, 0.3) is 28.0 Å². The zero-order valence-electron chi connectivity index (χ0n) is 13.3. The number of rotatable bonds is 1. The fraction of sp³-hybridized carbons (Fsp3) is 0. The van der Waals surface area contributed by atoms with Crippen LogP contribution in [0.3, 0.4) is 0 Å². The van der Waals surface area contributed by atoms with Gasteiger partial charge in [0.05, 0.1) is 0 Å². The van der Waals surface area contributed by atoms with Crippen LogP contribution in [0.2, 0.25) is 0 Å². The van der Waals surface area contributed by atoms with Gasteiger partial charge in [0.2, 0.25) is 0 Å². The maximum Gasteiger partial charge on any atom is 0.320 e. The molecule has 2 aliphatic rings. The van der Waals surface area contributed by atoms with Crippen molar-refractivity contribution in [3.8, 4) is 11.1 Å². The third-order valence-corrected chi connectivity index (χ3v) is 4.92. The lowest BCUT2D eigenvalue weighted by Gasteiger charge is -2.30. The smallest absolute Gasteiger partial charge is 0.320 e. The van der Waals surface area contributed by atoms with Gasteiger partial charge in [0, 0.05) is 0 Å². The van der Waals surface area contributed by atoms with Crippen molar-refractivity contribution in [3.05, 3.63) is 96.8 Å². The molecule has 0 radical (unpaired) electrons. The molecule has 0 saturated carbocycles. The molecule has 0 fully saturated rings. The summed E-state index contributed by atoms with van der Waals surface area (Å²) in [5, 5.41) is 2.62. The Morgan fingerprint density at radius 2 is 1.67 bits per heavy atom. The van der Waals surface area contributed by atoms with Gasteiger partial charge in [-0.25, -0.2) is 0 Å². The minimum Gasteiger partial charge on any atom is -0.389 e. The maximum atomic E-state index is 2.29. The van der Waals surface area contributed by atoms with Gasteiger partial charge in [-0.15, -0.1) is 0 Å². The van der Waals surface area contributed by atoms with E-state index in [2.05, 4.69) is 102 Å². The number of benzene rings is 3. The van der Waals surface area contributed by atoms with Gasteiger partial charge in [-0.05, 0) is 63.5 Å². The van der Waals surface area contributed by atoms with E-state index < -0.39 is 0 Å². The van der Waals surface area contributed by atoms with Crippen molar-refractivity contribution in [3.63, 3.8) is 0 Å². The lowest BCUT2D eigenvalue weighted by molar-refractivity contribution is 0.797. The Bertz CT molecular complexity index is 1010. The Kier molecular flexibility index (Phi) is 2.96. The molecule has 0 spiro atoms. The highest BCUT2D eigenvalue weighted by atomic mass is 15.0. The third kappa shape index (κ3) is 2.04. The summed E-state index contributed by atoms with van der Waals surface area (Å²) in [7, 11) is 0. The van der Waals surface area contributed by atoms with E-state index in [1.165, 1.54) is 32.9 Å². The molecule has 0 unspecified atom stereocenters. The number of allylic oxidation sites excluding steroid dienone is 2. The van der Waals surface area contributed by atoms with Crippen molar-refractivity contribution >= 4 is 29.2 Å². The minimum absolute atomic E-state index is 0.313. The van der Waals surface area contributed by atoms with Crippen molar-refractivity contribution in [1.29, 1.82) is 0 Å². The highest BCUT2D eigenvalue weighted by Crippen LogP contribution is 2.28. The van der Waals surface area contributed by atoms with Gasteiger partial charge < -0.3 is 4.81 Å². The molecule has 112 valence electrons. The molecule has 0 aliphatic carbocycles. The second kappa shape index (κ2) is 5.28. The van der Waals surface area contributed by atoms with Crippen molar-refractivity contribution in [2.24, 2.45) is 0 Å². The van der Waals surface area contributed by atoms with E-state index in [-0.39, 0.29) is 0 Å². The van der Waals surface area contributed by atoms with E-state index in [1.54, 1.807) is 0 Å². The van der Waals surface area contributed by atoms with Gasteiger partial charge >= 0.3 is 6.85 Å². The van der Waals surface area contributed by atoms with Crippen LogP contribution in [0.1, 0.15) is 5.56 Å². The van der Waals surface area contributed by atoms with Crippen LogP contribution in [0, 0.1) is 0 Å². The number of hydrogen-bond acceptors (Lipinski definition) is 1. The molecule has 3 aromatic carbocycles. The van der Waals surface area contributed by atoms with Gasteiger partial charge in [0.25, 0.3) is 0 Å². The van der Waals surface area contributed by atoms with Crippen LogP contribution in [0.5, 0.6) is 0 Å². The fourth-order valence-corrected chi connectivity index (χ4v) is 3.70. The quantitative estimate of drug-likeness (QED) is 0.593. The summed E-state index contributed by atoms with van der Waals surface area (Å²) in [4.78, 5) is 2.26. The Balaban J connectivity index is 1.67. The van der Waals surface area contributed by atoms with E-state index >= 15 is 0 Å². The molecule has 24 heavy (non-hydrogen) atoms. The van der Waals surface area contributed by atoms with Crippen LogP contribution in [-0.4, -0.2) is 11.7 Å². The minimum atomic E-state index is 0.313. The summed E-state index contributed by atoms with van der Waals surface area (Å²) in [6, 6.07) is 21.9. The number of nitrogens with zero attached hydrogens (tertiary/aromatic N) is 1. The Morgan fingerprint density at radius 3 is 2.58 bits per heavy atom. The number of hydrogen-bond donors (Lipinski definition) is 0. The fourth-order valence-electron chi connectivity index (χ4n) is 3.70. The molecule has 0 atom stereocenters. The Morgan fingerprint density at radius 1 is 0.750 bits per heavy atom. The molecule has 1 nitrogen and oxygen atoms in total. The summed E-state index contributed by atoms with van der Waals surface area (Å²) in [6.45, 7) is 0.313. The number of fused-ring (bicyclic) bond motifs is 5. The SMILES string of the molecule is C1=CB2c3ccc4cc(-c5ccccc5)ccc4c3C=CN2C=C1. The van der Waals surface area contributed by atoms with Gasteiger partial charge in [-0.2, -0.15) is 0 Å². The van der Waals surface area contributed by atoms with Crippen LogP contribution in [0.15, 0.2) is 91.2 Å². The van der Waals surface area contributed by atoms with E-state index in [4.69, 9.17) is 0 Å². The van der Waals surface area contributed by atoms with Crippen molar-refractivity contribution in [2.75, 3.05) is 0 Å². The molecule has 2 heteroatoms. The molecular formula is C22H16BN. The molecule has 0 aromatic heterocycles. The third-order valence-electron chi connectivity index (χ3n) is 4.92. The summed E-state index contributed by atoms with van der Waals surface area (Å²) in [5.41, 5.74) is 5.25. The Hall–Kier alpha value is -3.00. The first kappa shape index (κ1) is 13.4. The van der Waals surface area contributed by atoms with E-state index in [0.29, 0.717) is 6.85 Å². The zero-order valence-corrected chi connectivity index (χ0v) is 13.3. The predicted octanol–water partition coefficient (Wildman–Crippen LogP) is 4.61. The van der Waals surface area contributed by atoms with Gasteiger partial charge in [0.1, 0.15) is 0 Å². The van der Waals surface area contributed by atoms with Crippen molar-refractivity contribution in [2.45, 2.75) is 0 Å². The highest BCUT2D eigenvalue weighted by Gasteiger charge is 2.26. The van der Waals surface area contributed by atoms with Crippen LogP contribution < -0.4 is 5.46 Å². The van der Waals surface area contributed by atoms with E-state index in [0.717, 1.165) is 0 Å². The standard InChI is InChI=1S/C22H16BN/c1-2-6-17(7-3-1)18-8-10-20-19(16-18)9-11-22-21(20)12-15-24-14-5-4-13-23(22)24/h1-16H. The lowest BCUT2D eigenvalue weighted by Crippen LogP contribution is -2.45. The average Bonchev–Trinajstić information content (AvgIpc) is 2.67. The molecule has 0 saturated heterocycles. The Labute approximate surface area is 142 Å². The summed E-state index contributed by atoms with van der Waals surface area (Å²) in [6.07, 6.45) is 10.8. The second-order valence-corrected chi connectivity index (χ2v) is 6.30. The first-order valence-corrected chi connectivity index (χ1v) is 8.33. The molecule has 0 bridgehead atoms. The summed E-state index contributed by atoms with van der Waals surface area (Å²) < 4.78 is 0. The average molecular weight is 305 g/mol. The molecule has 0 N–H and O–H groups in total. The molecule has 3 aromatic rings.